The van der Waals surface area contributed by atoms with Crippen molar-refractivity contribution in [1.29, 1.82) is 0 Å². The zero-order chi connectivity index (χ0) is 17.5. The number of nitrogens with zero attached hydrogens (tertiary/aromatic N) is 2. The largest absolute Gasteiger partial charge is 0.338 e. The number of amides is 2. The number of halogens is 1. The van der Waals surface area contributed by atoms with Crippen LogP contribution >= 0.6 is 0 Å². The lowest BCUT2D eigenvalue weighted by Gasteiger charge is -2.39. The molecule has 0 spiro atoms. The molecule has 2 amide bonds. The highest BCUT2D eigenvalue weighted by Crippen LogP contribution is 2.22. The number of piperazine rings is 1. The molecule has 1 aliphatic heterocycles. The second kappa shape index (κ2) is 9.18. The van der Waals surface area contributed by atoms with Crippen LogP contribution < -0.4 is 5.32 Å². The summed E-state index contributed by atoms with van der Waals surface area (Å²) in [4.78, 5) is 16.8. The lowest BCUT2D eigenvalue weighted by Crippen LogP contribution is -2.54. The Labute approximate surface area is 150 Å². The van der Waals surface area contributed by atoms with Crippen LogP contribution in [-0.4, -0.2) is 54.6 Å². The van der Waals surface area contributed by atoms with Crippen molar-refractivity contribution >= 4 is 6.03 Å². The first-order valence-corrected chi connectivity index (χ1v) is 9.73. The first kappa shape index (κ1) is 18.2. The molecule has 1 aromatic rings. The minimum atomic E-state index is -0.223. The highest BCUT2D eigenvalue weighted by molar-refractivity contribution is 5.74. The number of carbonyl (C=O) groups is 1. The summed E-state index contributed by atoms with van der Waals surface area (Å²) in [5, 5.41) is 2.99. The summed E-state index contributed by atoms with van der Waals surface area (Å²) in [6.07, 6.45) is 8.85. The molecule has 2 fully saturated rings. The second-order valence-electron chi connectivity index (χ2n) is 7.28. The first-order valence-electron chi connectivity index (χ1n) is 9.73. The van der Waals surface area contributed by atoms with Gasteiger partial charge in [0.1, 0.15) is 5.82 Å². The van der Waals surface area contributed by atoms with E-state index in [0.29, 0.717) is 6.54 Å². The summed E-state index contributed by atoms with van der Waals surface area (Å²) >= 11 is 0. The van der Waals surface area contributed by atoms with Crippen LogP contribution in [0.5, 0.6) is 0 Å². The average Bonchev–Trinajstić information content (AvgIpc) is 2.93. The van der Waals surface area contributed by atoms with E-state index in [9.17, 15) is 9.18 Å². The Balaban J connectivity index is 1.37. The van der Waals surface area contributed by atoms with Gasteiger partial charge in [-0.05, 0) is 37.0 Å². The van der Waals surface area contributed by atoms with Crippen LogP contribution in [0.1, 0.15) is 44.1 Å². The number of nitrogens with one attached hydrogen (secondary N) is 1. The third-order valence-electron chi connectivity index (χ3n) is 5.55. The molecule has 1 saturated heterocycles. The van der Waals surface area contributed by atoms with Gasteiger partial charge in [0.2, 0.25) is 0 Å². The van der Waals surface area contributed by atoms with Gasteiger partial charge in [-0.15, -0.1) is 0 Å². The topological polar surface area (TPSA) is 35.6 Å². The maximum Gasteiger partial charge on any atom is 0.317 e. The number of rotatable bonds is 4. The van der Waals surface area contributed by atoms with E-state index in [1.165, 1.54) is 50.7 Å². The fraction of sp³-hybridized carbons (Fsp3) is 0.650. The van der Waals surface area contributed by atoms with Crippen LogP contribution in [0, 0.1) is 5.82 Å². The van der Waals surface area contributed by atoms with Crippen LogP contribution in [0.4, 0.5) is 9.18 Å². The SMILES string of the molecule is O=C(NCCc1ccc(F)cc1)N1CCN(C2CCCCCC2)CC1. The normalized spacial score (nSPS) is 20.3. The van der Waals surface area contributed by atoms with Crippen LogP contribution in [0.2, 0.25) is 0 Å². The Bertz CT molecular complexity index is 532. The summed E-state index contributed by atoms with van der Waals surface area (Å²) < 4.78 is 12.9. The molecule has 25 heavy (non-hydrogen) atoms. The first-order chi connectivity index (χ1) is 12.2. The highest BCUT2D eigenvalue weighted by atomic mass is 19.1. The number of hydrogen-bond acceptors (Lipinski definition) is 2. The van der Waals surface area contributed by atoms with Crippen molar-refractivity contribution in [1.82, 2.24) is 15.1 Å². The fourth-order valence-electron chi connectivity index (χ4n) is 3.99. The van der Waals surface area contributed by atoms with Crippen molar-refractivity contribution in [2.75, 3.05) is 32.7 Å². The van der Waals surface area contributed by atoms with Crippen LogP contribution in [-0.2, 0) is 6.42 Å². The standard InChI is InChI=1S/C20H30FN3O/c21-18-9-7-17(8-10-18)11-12-22-20(25)24-15-13-23(14-16-24)19-5-3-1-2-4-6-19/h7-10,19H,1-6,11-16H2,(H,22,25). The van der Waals surface area contributed by atoms with Crippen molar-refractivity contribution < 1.29 is 9.18 Å². The molecule has 0 bridgehead atoms. The Hall–Kier alpha value is -1.62. The van der Waals surface area contributed by atoms with Crippen molar-refractivity contribution in [3.63, 3.8) is 0 Å². The summed E-state index contributed by atoms with van der Waals surface area (Å²) in [6.45, 7) is 4.22. The molecule has 138 valence electrons. The number of carbonyl (C=O) groups excluding carboxylic acids is 1. The maximum atomic E-state index is 12.9. The van der Waals surface area contributed by atoms with Crippen molar-refractivity contribution in [3.05, 3.63) is 35.6 Å². The molecular formula is C20H30FN3O. The van der Waals surface area contributed by atoms with Gasteiger partial charge in [0.15, 0.2) is 0 Å². The van der Waals surface area contributed by atoms with Crippen molar-refractivity contribution in [2.24, 2.45) is 0 Å². The van der Waals surface area contributed by atoms with E-state index in [4.69, 9.17) is 0 Å². The molecule has 1 heterocycles. The van der Waals surface area contributed by atoms with Gasteiger partial charge < -0.3 is 10.2 Å². The van der Waals surface area contributed by atoms with E-state index < -0.39 is 0 Å². The number of urea groups is 1. The van der Waals surface area contributed by atoms with Gasteiger partial charge >= 0.3 is 6.03 Å². The zero-order valence-corrected chi connectivity index (χ0v) is 15.1. The van der Waals surface area contributed by atoms with Crippen molar-refractivity contribution in [3.8, 4) is 0 Å². The molecule has 2 aliphatic rings. The van der Waals surface area contributed by atoms with E-state index in [2.05, 4.69) is 10.2 Å². The molecule has 4 nitrogen and oxygen atoms in total. The van der Waals surface area contributed by atoms with Crippen LogP contribution in [0.3, 0.4) is 0 Å². The molecule has 0 unspecified atom stereocenters. The predicted molar refractivity (Wildman–Crippen MR) is 98.1 cm³/mol. The summed E-state index contributed by atoms with van der Waals surface area (Å²) in [7, 11) is 0. The lowest BCUT2D eigenvalue weighted by atomic mass is 10.1. The monoisotopic (exact) mass is 347 g/mol. The Kier molecular flexibility index (Phi) is 6.68. The third-order valence-corrected chi connectivity index (χ3v) is 5.55. The van der Waals surface area contributed by atoms with Crippen LogP contribution in [0.15, 0.2) is 24.3 Å². The summed E-state index contributed by atoms with van der Waals surface area (Å²) in [6, 6.07) is 7.22. The summed E-state index contributed by atoms with van der Waals surface area (Å²) in [5.41, 5.74) is 1.04. The number of benzene rings is 1. The molecule has 3 rings (SSSR count). The minimum absolute atomic E-state index is 0.0302. The van der Waals surface area contributed by atoms with E-state index in [1.807, 2.05) is 4.90 Å². The third kappa shape index (κ3) is 5.43. The molecule has 0 aromatic heterocycles. The van der Waals surface area contributed by atoms with Gasteiger partial charge in [-0.1, -0.05) is 37.8 Å². The summed E-state index contributed by atoms with van der Waals surface area (Å²) in [5.74, 6) is -0.223. The van der Waals surface area contributed by atoms with Gasteiger partial charge in [-0.25, -0.2) is 9.18 Å². The molecule has 1 saturated carbocycles. The Morgan fingerprint density at radius 1 is 1.00 bits per heavy atom. The smallest absolute Gasteiger partial charge is 0.317 e. The van der Waals surface area contributed by atoms with E-state index in [1.54, 1.807) is 12.1 Å². The van der Waals surface area contributed by atoms with Crippen molar-refractivity contribution in [2.45, 2.75) is 51.0 Å². The molecule has 0 radical (unpaired) electrons. The number of hydrogen-bond donors (Lipinski definition) is 1. The minimum Gasteiger partial charge on any atom is -0.338 e. The Morgan fingerprint density at radius 3 is 2.28 bits per heavy atom. The molecule has 1 N–H and O–H groups in total. The fourth-order valence-corrected chi connectivity index (χ4v) is 3.99. The predicted octanol–water partition coefficient (Wildman–Crippen LogP) is 3.42. The Morgan fingerprint density at radius 2 is 1.64 bits per heavy atom. The maximum absolute atomic E-state index is 12.9. The lowest BCUT2D eigenvalue weighted by molar-refractivity contribution is 0.101. The quantitative estimate of drug-likeness (QED) is 0.847. The second-order valence-corrected chi connectivity index (χ2v) is 7.28. The van der Waals surface area contributed by atoms with Crippen LogP contribution in [0.25, 0.3) is 0 Å². The van der Waals surface area contributed by atoms with Gasteiger partial charge in [-0.2, -0.15) is 0 Å². The molecule has 1 aliphatic carbocycles. The van der Waals surface area contributed by atoms with Gasteiger partial charge in [0, 0.05) is 38.8 Å². The molecule has 0 atom stereocenters. The molecular weight excluding hydrogens is 317 g/mol. The molecule has 5 heteroatoms. The van der Waals surface area contributed by atoms with E-state index in [-0.39, 0.29) is 11.8 Å². The van der Waals surface area contributed by atoms with E-state index >= 15 is 0 Å². The highest BCUT2D eigenvalue weighted by Gasteiger charge is 2.26. The average molecular weight is 347 g/mol. The van der Waals surface area contributed by atoms with E-state index in [0.717, 1.165) is 44.2 Å². The van der Waals surface area contributed by atoms with Gasteiger partial charge in [0.05, 0.1) is 0 Å². The zero-order valence-electron chi connectivity index (χ0n) is 15.1. The van der Waals surface area contributed by atoms with Gasteiger partial charge in [-0.3, -0.25) is 4.90 Å². The van der Waals surface area contributed by atoms with Gasteiger partial charge in [0.25, 0.3) is 0 Å². The molecule has 1 aromatic carbocycles.